The summed E-state index contributed by atoms with van der Waals surface area (Å²) in [5.74, 6) is 1.46. The van der Waals surface area contributed by atoms with E-state index in [-0.39, 0.29) is 5.54 Å². The van der Waals surface area contributed by atoms with Gasteiger partial charge in [-0.15, -0.1) is 0 Å². The zero-order valence-corrected chi connectivity index (χ0v) is 11.5. The third kappa shape index (κ3) is 2.50. The van der Waals surface area contributed by atoms with Crippen LogP contribution < -0.4 is 11.1 Å². The van der Waals surface area contributed by atoms with E-state index >= 15 is 0 Å². The molecule has 0 aliphatic heterocycles. The highest BCUT2D eigenvalue weighted by molar-refractivity contribution is 9.10. The van der Waals surface area contributed by atoms with E-state index in [0.717, 1.165) is 10.3 Å². The Morgan fingerprint density at radius 3 is 2.88 bits per heavy atom. The lowest BCUT2D eigenvalue weighted by molar-refractivity contribution is 0.457. The lowest BCUT2D eigenvalue weighted by Crippen LogP contribution is -2.45. The lowest BCUT2D eigenvalue weighted by Gasteiger charge is -2.30. The molecule has 1 atom stereocenters. The predicted octanol–water partition coefficient (Wildman–Crippen LogP) is 3.04. The largest absolute Gasteiger partial charge is 0.362 e. The molecule has 88 valence electrons. The maximum absolute atomic E-state index is 5.85. The number of halogens is 2. The van der Waals surface area contributed by atoms with Crippen LogP contribution in [0.5, 0.6) is 0 Å². The Balaban J connectivity index is 2.18. The number of pyridine rings is 1. The summed E-state index contributed by atoms with van der Waals surface area (Å²) in [5, 5.41) is 4.04. The maximum atomic E-state index is 5.85. The second-order valence-electron chi connectivity index (χ2n) is 4.50. The van der Waals surface area contributed by atoms with Crippen molar-refractivity contribution in [1.82, 2.24) is 4.98 Å². The standard InChI is InChI=1S/C11H15BrClN3/c1-11(6-14,7-2-3-7)16-10-9(12)4-8(13)5-15-10/h4-5,7H,2-3,6,14H2,1H3,(H,15,16). The molecule has 0 bridgehead atoms. The Labute approximate surface area is 109 Å². The minimum Gasteiger partial charge on any atom is -0.362 e. The van der Waals surface area contributed by atoms with Gasteiger partial charge in [-0.05, 0) is 47.7 Å². The molecule has 1 aromatic heterocycles. The molecule has 1 heterocycles. The Kier molecular flexibility index (Phi) is 3.42. The van der Waals surface area contributed by atoms with Gasteiger partial charge in [0.05, 0.1) is 15.0 Å². The van der Waals surface area contributed by atoms with Gasteiger partial charge in [0.2, 0.25) is 0 Å². The summed E-state index contributed by atoms with van der Waals surface area (Å²) in [7, 11) is 0. The van der Waals surface area contributed by atoms with Gasteiger partial charge >= 0.3 is 0 Å². The van der Waals surface area contributed by atoms with E-state index in [1.807, 2.05) is 6.07 Å². The van der Waals surface area contributed by atoms with Crippen LogP contribution in [0, 0.1) is 5.92 Å². The van der Waals surface area contributed by atoms with Crippen molar-refractivity contribution in [3.8, 4) is 0 Å². The van der Waals surface area contributed by atoms with Crippen molar-refractivity contribution in [3.63, 3.8) is 0 Å². The van der Waals surface area contributed by atoms with Gasteiger partial charge in [-0.2, -0.15) is 0 Å². The minimum atomic E-state index is -0.0661. The Hall–Kier alpha value is -0.320. The normalized spacial score (nSPS) is 19.2. The first-order valence-corrected chi connectivity index (χ1v) is 6.51. The van der Waals surface area contributed by atoms with Crippen LogP contribution in [-0.2, 0) is 0 Å². The highest BCUT2D eigenvalue weighted by atomic mass is 79.9. The molecule has 3 nitrogen and oxygen atoms in total. The van der Waals surface area contributed by atoms with Crippen molar-refractivity contribution < 1.29 is 0 Å². The van der Waals surface area contributed by atoms with E-state index in [9.17, 15) is 0 Å². The van der Waals surface area contributed by atoms with E-state index in [1.54, 1.807) is 6.20 Å². The zero-order chi connectivity index (χ0) is 11.8. The van der Waals surface area contributed by atoms with Gasteiger partial charge in [0.25, 0.3) is 0 Å². The number of hydrogen-bond donors (Lipinski definition) is 2. The molecule has 1 aliphatic rings. The summed E-state index contributed by atoms with van der Waals surface area (Å²) in [6.45, 7) is 2.75. The first-order chi connectivity index (χ1) is 7.55. The van der Waals surface area contributed by atoms with E-state index in [4.69, 9.17) is 17.3 Å². The molecular weight excluding hydrogens is 289 g/mol. The molecule has 1 fully saturated rings. The fourth-order valence-electron chi connectivity index (χ4n) is 1.82. The second kappa shape index (κ2) is 4.51. The van der Waals surface area contributed by atoms with Crippen LogP contribution in [0.25, 0.3) is 0 Å². The summed E-state index contributed by atoms with van der Waals surface area (Å²) < 4.78 is 0.875. The van der Waals surface area contributed by atoms with Crippen molar-refractivity contribution >= 4 is 33.3 Å². The molecule has 0 saturated heterocycles. The van der Waals surface area contributed by atoms with Gasteiger partial charge in [-0.1, -0.05) is 11.6 Å². The molecular formula is C11H15BrClN3. The van der Waals surface area contributed by atoms with Crippen LogP contribution in [0.1, 0.15) is 19.8 Å². The summed E-state index contributed by atoms with van der Waals surface area (Å²) in [6, 6.07) is 1.83. The van der Waals surface area contributed by atoms with Gasteiger partial charge in [-0.25, -0.2) is 4.98 Å². The van der Waals surface area contributed by atoms with E-state index in [0.29, 0.717) is 17.5 Å². The van der Waals surface area contributed by atoms with E-state index in [2.05, 4.69) is 33.2 Å². The second-order valence-corrected chi connectivity index (χ2v) is 5.80. The van der Waals surface area contributed by atoms with Crippen molar-refractivity contribution in [3.05, 3.63) is 21.8 Å². The van der Waals surface area contributed by atoms with Crippen molar-refractivity contribution in [2.45, 2.75) is 25.3 Å². The van der Waals surface area contributed by atoms with Gasteiger partial charge in [0.15, 0.2) is 0 Å². The van der Waals surface area contributed by atoms with Crippen molar-refractivity contribution in [2.75, 3.05) is 11.9 Å². The monoisotopic (exact) mass is 303 g/mol. The number of anilines is 1. The average Bonchev–Trinajstić information content (AvgIpc) is 3.06. The predicted molar refractivity (Wildman–Crippen MR) is 70.8 cm³/mol. The Morgan fingerprint density at radius 1 is 1.69 bits per heavy atom. The smallest absolute Gasteiger partial charge is 0.140 e. The van der Waals surface area contributed by atoms with Crippen molar-refractivity contribution in [1.29, 1.82) is 0 Å². The van der Waals surface area contributed by atoms with Crippen molar-refractivity contribution in [2.24, 2.45) is 11.7 Å². The highest BCUT2D eigenvalue weighted by Crippen LogP contribution is 2.41. The van der Waals surface area contributed by atoms with Gasteiger partial charge < -0.3 is 11.1 Å². The molecule has 2 rings (SSSR count). The molecule has 5 heteroatoms. The van der Waals surface area contributed by atoms with Crippen LogP contribution in [0.4, 0.5) is 5.82 Å². The lowest BCUT2D eigenvalue weighted by atomic mass is 9.96. The van der Waals surface area contributed by atoms with Crippen LogP contribution in [0.2, 0.25) is 5.02 Å². The number of nitrogens with two attached hydrogens (primary N) is 1. The van der Waals surface area contributed by atoms with Crippen LogP contribution in [0.15, 0.2) is 16.7 Å². The molecule has 0 spiro atoms. The fourth-order valence-corrected chi connectivity index (χ4v) is 2.56. The molecule has 1 unspecified atom stereocenters. The molecule has 1 aromatic rings. The Bertz CT molecular complexity index is 395. The fraction of sp³-hybridized carbons (Fsp3) is 0.545. The number of hydrogen-bond acceptors (Lipinski definition) is 3. The molecule has 0 amide bonds. The molecule has 1 saturated carbocycles. The average molecular weight is 305 g/mol. The summed E-state index contributed by atoms with van der Waals surface area (Å²) in [5.41, 5.74) is 5.78. The van der Waals surface area contributed by atoms with E-state index < -0.39 is 0 Å². The summed E-state index contributed by atoms with van der Waals surface area (Å²) in [4.78, 5) is 4.28. The van der Waals surface area contributed by atoms with Crippen LogP contribution in [-0.4, -0.2) is 17.1 Å². The van der Waals surface area contributed by atoms with Crippen LogP contribution in [0.3, 0.4) is 0 Å². The Morgan fingerprint density at radius 2 is 2.38 bits per heavy atom. The topological polar surface area (TPSA) is 50.9 Å². The summed E-state index contributed by atoms with van der Waals surface area (Å²) in [6.07, 6.45) is 4.12. The van der Waals surface area contributed by atoms with Gasteiger partial charge in [0.1, 0.15) is 5.82 Å². The summed E-state index contributed by atoms with van der Waals surface area (Å²) >= 11 is 9.30. The number of rotatable bonds is 4. The van der Waals surface area contributed by atoms with Gasteiger partial charge in [0, 0.05) is 12.7 Å². The molecule has 1 aliphatic carbocycles. The quantitative estimate of drug-likeness (QED) is 0.899. The zero-order valence-electron chi connectivity index (χ0n) is 9.13. The molecule has 16 heavy (non-hydrogen) atoms. The van der Waals surface area contributed by atoms with Gasteiger partial charge in [-0.3, -0.25) is 0 Å². The third-order valence-electron chi connectivity index (χ3n) is 3.11. The minimum absolute atomic E-state index is 0.0661. The third-order valence-corrected chi connectivity index (χ3v) is 3.93. The molecule has 0 radical (unpaired) electrons. The number of nitrogens with one attached hydrogen (secondary N) is 1. The number of aromatic nitrogens is 1. The van der Waals surface area contributed by atoms with E-state index in [1.165, 1.54) is 12.8 Å². The number of nitrogens with zero attached hydrogens (tertiary/aromatic N) is 1. The SMILES string of the molecule is CC(CN)(Nc1ncc(Cl)cc1Br)C1CC1. The molecule has 3 N–H and O–H groups in total. The highest BCUT2D eigenvalue weighted by Gasteiger charge is 2.40. The maximum Gasteiger partial charge on any atom is 0.140 e. The molecule has 0 aromatic carbocycles. The first kappa shape index (κ1) is 12.1. The first-order valence-electron chi connectivity index (χ1n) is 5.34. The van der Waals surface area contributed by atoms with Crippen LogP contribution >= 0.6 is 27.5 Å².